The largest absolute Gasteiger partial charge is 0.507 e. The molecule has 0 radical (unpaired) electrons. The Kier molecular flexibility index (Phi) is 4.02. The van der Waals surface area contributed by atoms with Gasteiger partial charge >= 0.3 is 0 Å². The van der Waals surface area contributed by atoms with E-state index < -0.39 is 5.82 Å². The van der Waals surface area contributed by atoms with Crippen molar-refractivity contribution in [1.82, 2.24) is 4.90 Å². The molecule has 110 valence electrons. The van der Waals surface area contributed by atoms with Gasteiger partial charge in [-0.25, -0.2) is 4.39 Å². The van der Waals surface area contributed by atoms with Crippen molar-refractivity contribution >= 4 is 5.91 Å². The van der Waals surface area contributed by atoms with Gasteiger partial charge in [0.25, 0.3) is 5.91 Å². The summed E-state index contributed by atoms with van der Waals surface area (Å²) in [7, 11) is 0. The van der Waals surface area contributed by atoms with E-state index >= 15 is 0 Å². The van der Waals surface area contributed by atoms with Crippen molar-refractivity contribution in [1.29, 1.82) is 0 Å². The van der Waals surface area contributed by atoms with Crippen LogP contribution in [0.2, 0.25) is 0 Å². The first kappa shape index (κ1) is 14.8. The minimum atomic E-state index is -0.537. The highest BCUT2D eigenvalue weighted by Crippen LogP contribution is 2.34. The lowest BCUT2D eigenvalue weighted by atomic mass is 9.75. The van der Waals surface area contributed by atoms with Gasteiger partial charge in [-0.05, 0) is 36.3 Å². The van der Waals surface area contributed by atoms with Gasteiger partial charge in [0.15, 0.2) is 0 Å². The molecule has 0 saturated carbocycles. The smallest absolute Gasteiger partial charge is 0.257 e. The van der Waals surface area contributed by atoms with Crippen molar-refractivity contribution in [3.63, 3.8) is 0 Å². The predicted octanol–water partition coefficient (Wildman–Crippen LogP) is 3.43. The van der Waals surface area contributed by atoms with Gasteiger partial charge in [-0.2, -0.15) is 0 Å². The Bertz CT molecular complexity index is 500. The van der Waals surface area contributed by atoms with E-state index in [0.29, 0.717) is 19.0 Å². The first-order chi connectivity index (χ1) is 9.29. The van der Waals surface area contributed by atoms with Crippen LogP contribution in [-0.4, -0.2) is 29.0 Å². The monoisotopic (exact) mass is 279 g/mol. The van der Waals surface area contributed by atoms with E-state index in [0.717, 1.165) is 18.9 Å². The zero-order valence-corrected chi connectivity index (χ0v) is 12.3. The number of hydrogen-bond acceptors (Lipinski definition) is 2. The van der Waals surface area contributed by atoms with Crippen LogP contribution in [0.15, 0.2) is 18.2 Å². The lowest BCUT2D eigenvalue weighted by Crippen LogP contribution is -2.41. The van der Waals surface area contributed by atoms with E-state index in [-0.39, 0.29) is 22.6 Å². The maximum atomic E-state index is 13.0. The zero-order chi connectivity index (χ0) is 14.9. The Morgan fingerprint density at radius 2 is 1.90 bits per heavy atom. The second-order valence-corrected chi connectivity index (χ2v) is 6.59. The summed E-state index contributed by atoms with van der Waals surface area (Å²) >= 11 is 0. The van der Waals surface area contributed by atoms with E-state index in [9.17, 15) is 14.3 Å². The second kappa shape index (κ2) is 5.43. The lowest BCUT2D eigenvalue weighted by molar-refractivity contribution is 0.0606. The fourth-order valence-corrected chi connectivity index (χ4v) is 2.80. The number of amides is 1. The van der Waals surface area contributed by atoms with Gasteiger partial charge in [-0.15, -0.1) is 0 Å². The molecular formula is C16H22FNO2. The highest BCUT2D eigenvalue weighted by atomic mass is 19.1. The van der Waals surface area contributed by atoms with Gasteiger partial charge in [0.1, 0.15) is 11.6 Å². The van der Waals surface area contributed by atoms with E-state index in [1.54, 1.807) is 4.90 Å². The summed E-state index contributed by atoms with van der Waals surface area (Å²) in [6, 6.07) is 3.53. The van der Waals surface area contributed by atoms with Crippen LogP contribution in [0.4, 0.5) is 4.39 Å². The molecule has 1 saturated heterocycles. The Morgan fingerprint density at radius 1 is 1.30 bits per heavy atom. The number of aromatic hydroxyl groups is 1. The number of hydrogen-bond donors (Lipinski definition) is 1. The molecule has 1 amide bonds. The minimum absolute atomic E-state index is 0.181. The molecule has 0 spiro atoms. The maximum Gasteiger partial charge on any atom is 0.257 e. The number of likely N-dealkylation sites (tertiary alicyclic amines) is 1. The highest BCUT2D eigenvalue weighted by molar-refractivity contribution is 5.96. The predicted molar refractivity (Wildman–Crippen MR) is 76.1 cm³/mol. The Morgan fingerprint density at radius 3 is 2.40 bits per heavy atom. The number of phenols is 1. The quantitative estimate of drug-likeness (QED) is 0.855. The number of benzene rings is 1. The zero-order valence-electron chi connectivity index (χ0n) is 12.3. The Balaban J connectivity index is 2.05. The number of rotatable bonds is 1. The SMILES string of the molecule is CC(C)(C)C1CCN(C(=O)c2ccc(F)cc2O)CC1. The van der Waals surface area contributed by atoms with Gasteiger partial charge in [0.05, 0.1) is 5.56 Å². The van der Waals surface area contributed by atoms with E-state index in [1.807, 2.05) is 0 Å². The molecule has 1 heterocycles. The maximum absolute atomic E-state index is 13.0. The molecule has 1 aliphatic heterocycles. The molecule has 1 aromatic rings. The van der Waals surface area contributed by atoms with Crippen molar-refractivity contribution < 1.29 is 14.3 Å². The Labute approximate surface area is 119 Å². The lowest BCUT2D eigenvalue weighted by Gasteiger charge is -2.38. The van der Waals surface area contributed by atoms with E-state index in [2.05, 4.69) is 20.8 Å². The molecule has 1 aliphatic rings. The molecule has 4 heteroatoms. The van der Waals surface area contributed by atoms with Gasteiger partial charge < -0.3 is 10.0 Å². The third-order valence-corrected chi connectivity index (χ3v) is 4.20. The second-order valence-electron chi connectivity index (χ2n) is 6.59. The third kappa shape index (κ3) is 3.11. The van der Waals surface area contributed by atoms with Gasteiger partial charge in [-0.3, -0.25) is 4.79 Å². The molecule has 0 unspecified atom stereocenters. The van der Waals surface area contributed by atoms with Crippen LogP contribution in [0.1, 0.15) is 44.0 Å². The summed E-state index contributed by atoms with van der Waals surface area (Å²) in [4.78, 5) is 14.1. The molecule has 0 atom stereocenters. The van der Waals surface area contributed by atoms with E-state index in [4.69, 9.17) is 0 Å². The van der Waals surface area contributed by atoms with Crippen LogP contribution in [0.5, 0.6) is 5.75 Å². The van der Waals surface area contributed by atoms with Gasteiger partial charge in [0.2, 0.25) is 0 Å². The van der Waals surface area contributed by atoms with Crippen LogP contribution < -0.4 is 0 Å². The summed E-state index contributed by atoms with van der Waals surface area (Å²) in [6.07, 6.45) is 1.94. The highest BCUT2D eigenvalue weighted by Gasteiger charge is 2.31. The average molecular weight is 279 g/mol. The fourth-order valence-electron chi connectivity index (χ4n) is 2.80. The summed E-state index contributed by atoms with van der Waals surface area (Å²) in [6.45, 7) is 8.05. The van der Waals surface area contributed by atoms with Crippen molar-refractivity contribution in [3.8, 4) is 5.75 Å². The molecule has 0 aliphatic carbocycles. The number of carbonyl (C=O) groups excluding carboxylic acids is 1. The van der Waals surface area contributed by atoms with Crippen LogP contribution in [0.25, 0.3) is 0 Å². The normalized spacial score (nSPS) is 17.3. The molecule has 1 aromatic carbocycles. The van der Waals surface area contributed by atoms with Crippen LogP contribution in [0.3, 0.4) is 0 Å². The molecule has 0 bridgehead atoms. The third-order valence-electron chi connectivity index (χ3n) is 4.20. The number of carbonyl (C=O) groups is 1. The number of nitrogens with zero attached hydrogens (tertiary/aromatic N) is 1. The average Bonchev–Trinajstić information content (AvgIpc) is 2.37. The molecule has 2 rings (SSSR count). The summed E-state index contributed by atoms with van der Waals surface area (Å²) < 4.78 is 13.0. The molecule has 0 aromatic heterocycles. The summed E-state index contributed by atoms with van der Waals surface area (Å²) in [5, 5.41) is 9.69. The molecule has 1 N–H and O–H groups in total. The van der Waals surface area contributed by atoms with Crippen LogP contribution in [-0.2, 0) is 0 Å². The Hall–Kier alpha value is -1.58. The van der Waals surface area contributed by atoms with Gasteiger partial charge in [-0.1, -0.05) is 20.8 Å². The number of halogens is 1. The van der Waals surface area contributed by atoms with Crippen molar-refractivity contribution in [2.24, 2.45) is 11.3 Å². The van der Waals surface area contributed by atoms with Gasteiger partial charge in [0, 0.05) is 19.2 Å². The van der Waals surface area contributed by atoms with E-state index in [1.165, 1.54) is 12.1 Å². The molecule has 20 heavy (non-hydrogen) atoms. The van der Waals surface area contributed by atoms with Crippen molar-refractivity contribution in [3.05, 3.63) is 29.6 Å². The fraction of sp³-hybridized carbons (Fsp3) is 0.562. The number of piperidine rings is 1. The molecular weight excluding hydrogens is 257 g/mol. The summed E-state index contributed by atoms with van der Waals surface area (Å²) in [5.74, 6) is -0.429. The topological polar surface area (TPSA) is 40.5 Å². The number of phenolic OH excluding ortho intramolecular Hbond substituents is 1. The summed E-state index contributed by atoms with van der Waals surface area (Å²) in [5.41, 5.74) is 0.438. The van der Waals surface area contributed by atoms with Crippen molar-refractivity contribution in [2.75, 3.05) is 13.1 Å². The first-order valence-corrected chi connectivity index (χ1v) is 7.07. The standard InChI is InChI=1S/C16H22FNO2/c1-16(2,3)11-6-8-18(9-7-11)15(20)13-5-4-12(17)10-14(13)19/h4-5,10-11,19H,6-9H2,1-3H3. The molecule has 3 nitrogen and oxygen atoms in total. The minimum Gasteiger partial charge on any atom is -0.507 e. The van der Waals surface area contributed by atoms with Crippen molar-refractivity contribution in [2.45, 2.75) is 33.6 Å². The molecule has 1 fully saturated rings. The van der Waals surface area contributed by atoms with Crippen LogP contribution in [0, 0.1) is 17.2 Å². The van der Waals surface area contributed by atoms with Crippen LogP contribution >= 0.6 is 0 Å². The first-order valence-electron chi connectivity index (χ1n) is 7.07.